The van der Waals surface area contributed by atoms with E-state index < -0.39 is 11.9 Å². The normalized spacial score (nSPS) is 13.9. The summed E-state index contributed by atoms with van der Waals surface area (Å²) >= 11 is 0. The van der Waals surface area contributed by atoms with Gasteiger partial charge in [-0.1, -0.05) is 12.1 Å². The third kappa shape index (κ3) is 3.56. The summed E-state index contributed by atoms with van der Waals surface area (Å²) in [6.07, 6.45) is 0. The molecule has 8 heteroatoms. The van der Waals surface area contributed by atoms with Crippen LogP contribution < -0.4 is 16.2 Å². The summed E-state index contributed by atoms with van der Waals surface area (Å²) in [5.74, 6) is -1.18. The first-order chi connectivity index (χ1) is 9.97. The number of rotatable bonds is 3. The fourth-order valence-electron chi connectivity index (χ4n) is 1.83. The molecule has 1 aliphatic heterocycles. The Morgan fingerprint density at radius 1 is 1.29 bits per heavy atom. The number of hydrogen-bond donors (Lipinski definition) is 3. The van der Waals surface area contributed by atoms with Gasteiger partial charge in [-0.05, 0) is 17.7 Å². The van der Waals surface area contributed by atoms with Gasteiger partial charge in [-0.3, -0.25) is 30.1 Å². The van der Waals surface area contributed by atoms with Gasteiger partial charge >= 0.3 is 6.03 Å². The molecule has 0 saturated carbocycles. The number of nitrogens with one attached hydrogen (secondary N) is 3. The molecule has 5 amide bonds. The predicted octanol–water partition coefficient (Wildman–Crippen LogP) is -0.481. The van der Waals surface area contributed by atoms with Crippen LogP contribution in [0.1, 0.15) is 22.8 Å². The van der Waals surface area contributed by atoms with Crippen LogP contribution >= 0.6 is 0 Å². The molecular formula is C13H14N4O4. The maximum atomic E-state index is 11.8. The van der Waals surface area contributed by atoms with Crippen LogP contribution in [0.2, 0.25) is 0 Å². The highest BCUT2D eigenvalue weighted by Crippen LogP contribution is 2.11. The van der Waals surface area contributed by atoms with Crippen LogP contribution in [0, 0.1) is 0 Å². The minimum Gasteiger partial charge on any atom is -0.329 e. The second-order valence-electron chi connectivity index (χ2n) is 4.47. The molecule has 0 atom stereocenters. The lowest BCUT2D eigenvalue weighted by atomic mass is 10.1. The molecule has 0 radical (unpaired) electrons. The van der Waals surface area contributed by atoms with Gasteiger partial charge in [0.15, 0.2) is 0 Å². The van der Waals surface area contributed by atoms with Gasteiger partial charge in [0.05, 0.1) is 13.1 Å². The summed E-state index contributed by atoms with van der Waals surface area (Å²) in [7, 11) is 0. The van der Waals surface area contributed by atoms with Gasteiger partial charge in [0, 0.05) is 12.5 Å². The molecule has 1 saturated heterocycles. The van der Waals surface area contributed by atoms with E-state index in [2.05, 4.69) is 16.2 Å². The summed E-state index contributed by atoms with van der Waals surface area (Å²) in [5.41, 5.74) is 5.37. The highest BCUT2D eigenvalue weighted by Gasteiger charge is 2.28. The number of benzene rings is 1. The lowest BCUT2D eigenvalue weighted by Crippen LogP contribution is -2.40. The Labute approximate surface area is 120 Å². The largest absolute Gasteiger partial charge is 0.329 e. The van der Waals surface area contributed by atoms with Crippen molar-refractivity contribution in [2.45, 2.75) is 13.5 Å². The van der Waals surface area contributed by atoms with Crippen LogP contribution in [0.5, 0.6) is 0 Å². The number of carbonyl (C=O) groups excluding carboxylic acids is 4. The van der Waals surface area contributed by atoms with Crippen LogP contribution in [0.15, 0.2) is 24.3 Å². The summed E-state index contributed by atoms with van der Waals surface area (Å²) in [6.45, 7) is 1.35. The van der Waals surface area contributed by atoms with Crippen LogP contribution in [0.4, 0.5) is 4.79 Å². The van der Waals surface area contributed by atoms with E-state index >= 15 is 0 Å². The molecule has 8 nitrogen and oxygen atoms in total. The lowest BCUT2D eigenvalue weighted by Gasteiger charge is -2.13. The molecule has 0 aliphatic carbocycles. The smallest absolute Gasteiger partial charge is 0.324 e. The monoisotopic (exact) mass is 290 g/mol. The summed E-state index contributed by atoms with van der Waals surface area (Å²) in [6, 6.07) is 6.00. The quantitative estimate of drug-likeness (QED) is 0.516. The molecule has 2 rings (SSSR count). The second kappa shape index (κ2) is 6.04. The number of carbonyl (C=O) groups is 4. The molecule has 0 unspecified atom stereocenters. The van der Waals surface area contributed by atoms with Gasteiger partial charge in [-0.2, -0.15) is 0 Å². The van der Waals surface area contributed by atoms with Crippen molar-refractivity contribution in [3.8, 4) is 0 Å². The molecule has 1 aromatic carbocycles. The van der Waals surface area contributed by atoms with E-state index in [-0.39, 0.29) is 24.9 Å². The van der Waals surface area contributed by atoms with Crippen molar-refractivity contribution < 1.29 is 19.2 Å². The topological polar surface area (TPSA) is 108 Å². The van der Waals surface area contributed by atoms with Crippen molar-refractivity contribution in [2.75, 3.05) is 6.54 Å². The van der Waals surface area contributed by atoms with Crippen molar-refractivity contribution in [3.05, 3.63) is 35.4 Å². The van der Waals surface area contributed by atoms with E-state index in [1.54, 1.807) is 24.3 Å². The Hall–Kier alpha value is -2.90. The van der Waals surface area contributed by atoms with Crippen LogP contribution in [-0.2, 0) is 16.1 Å². The van der Waals surface area contributed by atoms with E-state index in [4.69, 9.17) is 0 Å². The van der Waals surface area contributed by atoms with Crippen LogP contribution in [-0.4, -0.2) is 35.2 Å². The number of hydrazine groups is 1. The first-order valence-electron chi connectivity index (χ1n) is 6.21. The first-order valence-corrected chi connectivity index (χ1v) is 6.21. The zero-order valence-corrected chi connectivity index (χ0v) is 11.3. The molecule has 1 heterocycles. The van der Waals surface area contributed by atoms with Gasteiger partial charge in [0.2, 0.25) is 11.8 Å². The maximum absolute atomic E-state index is 11.8. The van der Waals surface area contributed by atoms with Gasteiger partial charge < -0.3 is 5.32 Å². The molecule has 110 valence electrons. The molecule has 0 bridgehead atoms. The van der Waals surface area contributed by atoms with Crippen molar-refractivity contribution in [1.29, 1.82) is 0 Å². The third-order valence-electron chi connectivity index (χ3n) is 2.82. The highest BCUT2D eigenvalue weighted by molar-refractivity contribution is 6.02. The Kier molecular flexibility index (Phi) is 4.17. The predicted molar refractivity (Wildman–Crippen MR) is 71.7 cm³/mol. The number of imide groups is 1. The molecule has 1 aromatic rings. The Bertz CT molecular complexity index is 598. The summed E-state index contributed by atoms with van der Waals surface area (Å²) < 4.78 is 0. The molecule has 0 aromatic heterocycles. The Morgan fingerprint density at radius 2 is 2.05 bits per heavy atom. The van der Waals surface area contributed by atoms with E-state index in [9.17, 15) is 19.2 Å². The molecule has 3 N–H and O–H groups in total. The minimum absolute atomic E-state index is 0.0124. The number of nitrogens with zero attached hydrogens (tertiary/aromatic N) is 1. The zero-order chi connectivity index (χ0) is 15.4. The Morgan fingerprint density at radius 3 is 2.67 bits per heavy atom. The maximum Gasteiger partial charge on any atom is 0.324 e. The molecule has 0 spiro atoms. The number of amides is 5. The van der Waals surface area contributed by atoms with Gasteiger partial charge in [0.25, 0.3) is 5.91 Å². The van der Waals surface area contributed by atoms with Gasteiger partial charge in [0.1, 0.15) is 0 Å². The van der Waals surface area contributed by atoms with Crippen LogP contribution in [0.3, 0.4) is 0 Å². The number of hydrogen-bond acceptors (Lipinski definition) is 4. The molecule has 21 heavy (non-hydrogen) atoms. The highest BCUT2D eigenvalue weighted by atomic mass is 16.2. The minimum atomic E-state index is -0.482. The fourth-order valence-corrected chi connectivity index (χ4v) is 1.83. The van der Waals surface area contributed by atoms with E-state index in [0.29, 0.717) is 11.1 Å². The van der Waals surface area contributed by atoms with Crippen molar-refractivity contribution in [1.82, 2.24) is 21.1 Å². The fraction of sp³-hybridized carbons (Fsp3) is 0.231. The van der Waals surface area contributed by atoms with E-state index in [0.717, 1.165) is 4.90 Å². The van der Waals surface area contributed by atoms with Crippen molar-refractivity contribution in [2.24, 2.45) is 0 Å². The molecule has 1 aliphatic rings. The standard InChI is InChI=1S/C13H14N4O4/c1-8(18)15-16-12(20)10-4-2-3-9(5-10)7-17-11(19)6-14-13(17)21/h2-5H,6-7H2,1H3,(H,14,21)(H,15,18)(H,16,20). The third-order valence-corrected chi connectivity index (χ3v) is 2.82. The van der Waals surface area contributed by atoms with Crippen molar-refractivity contribution >= 4 is 23.8 Å². The lowest BCUT2D eigenvalue weighted by molar-refractivity contribution is -0.125. The Balaban J connectivity index is 2.07. The molecular weight excluding hydrogens is 276 g/mol. The second-order valence-corrected chi connectivity index (χ2v) is 4.47. The van der Waals surface area contributed by atoms with E-state index in [1.165, 1.54) is 6.92 Å². The molecule has 1 fully saturated rings. The summed E-state index contributed by atoms with van der Waals surface area (Å²) in [4.78, 5) is 46.5. The average molecular weight is 290 g/mol. The van der Waals surface area contributed by atoms with E-state index in [1.807, 2.05) is 0 Å². The van der Waals surface area contributed by atoms with Crippen LogP contribution in [0.25, 0.3) is 0 Å². The zero-order valence-electron chi connectivity index (χ0n) is 11.3. The SMILES string of the molecule is CC(=O)NNC(=O)c1cccc(CN2C(=O)CNC2=O)c1. The van der Waals surface area contributed by atoms with Crippen molar-refractivity contribution in [3.63, 3.8) is 0 Å². The van der Waals surface area contributed by atoms with Gasteiger partial charge in [-0.25, -0.2) is 4.79 Å². The average Bonchev–Trinajstić information content (AvgIpc) is 2.77. The van der Waals surface area contributed by atoms with Gasteiger partial charge in [-0.15, -0.1) is 0 Å². The summed E-state index contributed by atoms with van der Waals surface area (Å²) in [5, 5.41) is 2.42. The number of urea groups is 1. The first kappa shape index (κ1) is 14.5.